The molecule has 2 amide bonds. The van der Waals surface area contributed by atoms with Gasteiger partial charge >= 0.3 is 6.03 Å². The second-order valence-electron chi connectivity index (χ2n) is 6.76. The molecule has 0 aliphatic carbocycles. The number of ether oxygens (including phenoxy) is 1. The molecule has 27 heavy (non-hydrogen) atoms. The van der Waals surface area contributed by atoms with E-state index in [9.17, 15) is 9.18 Å². The molecule has 1 fully saturated rings. The van der Waals surface area contributed by atoms with Gasteiger partial charge in [-0.15, -0.1) is 0 Å². The standard InChI is InChI=1S/C18H23FN6O2/c1-24-6-5-12(9-24)10-25(2)18(26)23-16-8-17(22-11-21-16)27-15-4-3-13(20)7-14(15)19/h3-4,7-8,11-12H,5-6,9-10,20H2,1-2H3,(H,21,22,23,26). The fourth-order valence-corrected chi connectivity index (χ4v) is 3.03. The highest BCUT2D eigenvalue weighted by atomic mass is 19.1. The molecule has 0 saturated carbocycles. The monoisotopic (exact) mass is 374 g/mol. The molecule has 9 heteroatoms. The van der Waals surface area contributed by atoms with Crippen molar-refractivity contribution in [1.29, 1.82) is 0 Å². The first-order chi connectivity index (χ1) is 12.9. The minimum atomic E-state index is -0.597. The van der Waals surface area contributed by atoms with Crippen molar-refractivity contribution in [2.45, 2.75) is 6.42 Å². The Bertz CT molecular complexity index is 818. The van der Waals surface area contributed by atoms with E-state index in [1.165, 1.54) is 24.5 Å². The van der Waals surface area contributed by atoms with E-state index in [-0.39, 0.29) is 23.5 Å². The maximum absolute atomic E-state index is 13.8. The molecule has 1 atom stereocenters. The summed E-state index contributed by atoms with van der Waals surface area (Å²) in [6.45, 7) is 2.70. The van der Waals surface area contributed by atoms with Crippen LogP contribution < -0.4 is 15.8 Å². The van der Waals surface area contributed by atoms with Crippen molar-refractivity contribution in [3.8, 4) is 11.6 Å². The van der Waals surface area contributed by atoms with E-state index >= 15 is 0 Å². The van der Waals surface area contributed by atoms with Gasteiger partial charge in [0.25, 0.3) is 0 Å². The van der Waals surface area contributed by atoms with Crippen LogP contribution in [0.25, 0.3) is 0 Å². The van der Waals surface area contributed by atoms with Gasteiger partial charge in [-0.05, 0) is 38.1 Å². The Morgan fingerprint density at radius 3 is 2.96 bits per heavy atom. The van der Waals surface area contributed by atoms with Gasteiger partial charge < -0.3 is 20.3 Å². The van der Waals surface area contributed by atoms with E-state index in [1.807, 2.05) is 0 Å². The number of rotatable bonds is 5. The fourth-order valence-electron chi connectivity index (χ4n) is 3.03. The van der Waals surface area contributed by atoms with Crippen LogP contribution in [-0.2, 0) is 0 Å². The third-order valence-electron chi connectivity index (χ3n) is 4.42. The number of likely N-dealkylation sites (tertiary alicyclic amines) is 1. The van der Waals surface area contributed by atoms with Gasteiger partial charge in [0, 0.05) is 38.0 Å². The van der Waals surface area contributed by atoms with Crippen LogP contribution in [0.5, 0.6) is 11.6 Å². The van der Waals surface area contributed by atoms with Gasteiger partial charge in [-0.1, -0.05) is 0 Å². The van der Waals surface area contributed by atoms with Gasteiger partial charge in [0.05, 0.1) is 0 Å². The molecule has 1 aromatic carbocycles. The third kappa shape index (κ3) is 5.04. The molecular formula is C18H23FN6O2. The van der Waals surface area contributed by atoms with E-state index in [0.29, 0.717) is 18.2 Å². The lowest BCUT2D eigenvalue weighted by atomic mass is 10.1. The first-order valence-electron chi connectivity index (χ1n) is 8.66. The Morgan fingerprint density at radius 2 is 2.26 bits per heavy atom. The molecule has 1 aliphatic heterocycles. The summed E-state index contributed by atoms with van der Waals surface area (Å²) in [6.07, 6.45) is 2.32. The predicted molar refractivity (Wildman–Crippen MR) is 100 cm³/mol. The number of carbonyl (C=O) groups excluding carboxylic acids is 1. The maximum atomic E-state index is 13.8. The molecule has 1 aromatic heterocycles. The van der Waals surface area contributed by atoms with Crippen LogP contribution in [-0.4, -0.2) is 59.5 Å². The van der Waals surface area contributed by atoms with E-state index in [1.54, 1.807) is 11.9 Å². The normalized spacial score (nSPS) is 16.9. The summed E-state index contributed by atoms with van der Waals surface area (Å²) in [5.74, 6) is 0.243. The van der Waals surface area contributed by atoms with Gasteiger partial charge in [0.2, 0.25) is 5.88 Å². The first-order valence-corrected chi connectivity index (χ1v) is 8.66. The van der Waals surface area contributed by atoms with E-state index < -0.39 is 5.82 Å². The number of halogens is 1. The van der Waals surface area contributed by atoms with Crippen molar-refractivity contribution in [2.75, 3.05) is 44.8 Å². The number of hydrogen-bond donors (Lipinski definition) is 2. The molecule has 1 unspecified atom stereocenters. The SMILES string of the molecule is CN1CCC(CN(C)C(=O)Nc2cc(Oc3ccc(N)cc3F)ncn2)C1. The number of carbonyl (C=O) groups is 1. The second kappa shape index (κ2) is 8.17. The number of anilines is 2. The predicted octanol–water partition coefficient (Wildman–Crippen LogP) is 2.41. The Kier molecular flexibility index (Phi) is 5.70. The zero-order chi connectivity index (χ0) is 19.4. The number of nitrogens with zero attached hydrogens (tertiary/aromatic N) is 4. The molecule has 2 aromatic rings. The maximum Gasteiger partial charge on any atom is 0.322 e. The number of hydrogen-bond acceptors (Lipinski definition) is 6. The van der Waals surface area contributed by atoms with Crippen LogP contribution in [0.1, 0.15) is 6.42 Å². The molecule has 144 valence electrons. The summed E-state index contributed by atoms with van der Waals surface area (Å²) in [4.78, 5) is 24.2. The molecule has 1 aliphatic rings. The number of urea groups is 1. The quantitative estimate of drug-likeness (QED) is 0.780. The fraction of sp³-hybridized carbons (Fsp3) is 0.389. The van der Waals surface area contributed by atoms with Crippen molar-refractivity contribution < 1.29 is 13.9 Å². The Labute approximate surface area is 157 Å². The molecule has 3 N–H and O–H groups in total. The smallest absolute Gasteiger partial charge is 0.322 e. The Morgan fingerprint density at radius 1 is 1.44 bits per heavy atom. The van der Waals surface area contributed by atoms with Crippen LogP contribution in [0.4, 0.5) is 20.7 Å². The molecule has 0 bridgehead atoms. The molecule has 8 nitrogen and oxygen atoms in total. The molecular weight excluding hydrogens is 351 g/mol. The van der Waals surface area contributed by atoms with Crippen molar-refractivity contribution >= 4 is 17.5 Å². The average molecular weight is 374 g/mol. The topological polar surface area (TPSA) is 96.6 Å². The molecule has 0 spiro atoms. The highest BCUT2D eigenvalue weighted by molar-refractivity contribution is 5.88. The zero-order valence-electron chi connectivity index (χ0n) is 15.4. The summed E-state index contributed by atoms with van der Waals surface area (Å²) in [5.41, 5.74) is 5.82. The lowest BCUT2D eigenvalue weighted by Crippen LogP contribution is -2.36. The largest absolute Gasteiger partial charge is 0.436 e. The number of nitrogens with one attached hydrogen (secondary N) is 1. The third-order valence-corrected chi connectivity index (χ3v) is 4.42. The van der Waals surface area contributed by atoms with Gasteiger partial charge in [-0.25, -0.2) is 19.2 Å². The molecule has 2 heterocycles. The first kappa shape index (κ1) is 18.8. The lowest BCUT2D eigenvalue weighted by Gasteiger charge is -2.21. The summed E-state index contributed by atoms with van der Waals surface area (Å²) < 4.78 is 19.3. The number of nitrogen functional groups attached to an aromatic ring is 1. The Balaban J connectivity index is 1.60. The highest BCUT2D eigenvalue weighted by Crippen LogP contribution is 2.25. The minimum Gasteiger partial charge on any atom is -0.436 e. The van der Waals surface area contributed by atoms with Gasteiger partial charge in [0.15, 0.2) is 11.6 Å². The van der Waals surface area contributed by atoms with Crippen molar-refractivity contribution in [3.63, 3.8) is 0 Å². The van der Waals surface area contributed by atoms with Crippen molar-refractivity contribution in [3.05, 3.63) is 36.4 Å². The lowest BCUT2D eigenvalue weighted by molar-refractivity contribution is 0.214. The van der Waals surface area contributed by atoms with Gasteiger partial charge in [-0.2, -0.15) is 0 Å². The summed E-state index contributed by atoms with van der Waals surface area (Å²) >= 11 is 0. The van der Waals surface area contributed by atoms with E-state index in [4.69, 9.17) is 10.5 Å². The zero-order valence-corrected chi connectivity index (χ0v) is 15.4. The highest BCUT2D eigenvalue weighted by Gasteiger charge is 2.22. The van der Waals surface area contributed by atoms with Crippen molar-refractivity contribution in [1.82, 2.24) is 19.8 Å². The Hall–Kier alpha value is -2.94. The van der Waals surface area contributed by atoms with Crippen LogP contribution in [0.2, 0.25) is 0 Å². The van der Waals surface area contributed by atoms with Crippen LogP contribution in [0.3, 0.4) is 0 Å². The van der Waals surface area contributed by atoms with Gasteiger partial charge in [0.1, 0.15) is 12.1 Å². The van der Waals surface area contributed by atoms with Crippen LogP contribution >= 0.6 is 0 Å². The summed E-state index contributed by atoms with van der Waals surface area (Å²) in [7, 11) is 3.82. The van der Waals surface area contributed by atoms with E-state index in [0.717, 1.165) is 25.6 Å². The average Bonchev–Trinajstić information content (AvgIpc) is 3.02. The summed E-state index contributed by atoms with van der Waals surface area (Å²) in [6, 6.07) is 5.27. The van der Waals surface area contributed by atoms with E-state index in [2.05, 4.69) is 27.2 Å². The van der Waals surface area contributed by atoms with Crippen molar-refractivity contribution in [2.24, 2.45) is 5.92 Å². The second-order valence-corrected chi connectivity index (χ2v) is 6.76. The molecule has 0 radical (unpaired) electrons. The summed E-state index contributed by atoms with van der Waals surface area (Å²) in [5, 5.41) is 2.71. The van der Waals surface area contributed by atoms with Crippen LogP contribution in [0.15, 0.2) is 30.6 Å². The number of nitrogens with two attached hydrogens (primary N) is 1. The number of aromatic nitrogens is 2. The minimum absolute atomic E-state index is 0.0114. The molecule has 1 saturated heterocycles. The van der Waals surface area contributed by atoms with Gasteiger partial charge in [-0.3, -0.25) is 5.32 Å². The number of amides is 2. The molecule has 3 rings (SSSR count). The van der Waals surface area contributed by atoms with Crippen LogP contribution in [0, 0.1) is 11.7 Å². The number of benzene rings is 1.